The quantitative estimate of drug-likeness (QED) is 0.176. The summed E-state index contributed by atoms with van der Waals surface area (Å²) in [6.07, 6.45) is 0. The minimum absolute atomic E-state index is 0.589. The minimum Gasteiger partial charge on any atom is -0.276 e. The molecule has 3 aromatic heterocycles. The van der Waals surface area contributed by atoms with Crippen LogP contribution in [0.5, 0.6) is 0 Å². The third kappa shape index (κ3) is 5.18. The van der Waals surface area contributed by atoms with Crippen molar-refractivity contribution in [2.24, 2.45) is 0 Å². The van der Waals surface area contributed by atoms with Gasteiger partial charge in [-0.2, -0.15) is 9.97 Å². The molecule has 0 saturated heterocycles. The number of aromatic nitrogens is 4. The van der Waals surface area contributed by atoms with Gasteiger partial charge in [0.15, 0.2) is 11.6 Å². The van der Waals surface area contributed by atoms with Crippen LogP contribution < -0.4 is 0 Å². The highest BCUT2D eigenvalue weighted by Crippen LogP contribution is 2.49. The summed E-state index contributed by atoms with van der Waals surface area (Å²) in [6.45, 7) is 0. The van der Waals surface area contributed by atoms with Gasteiger partial charge < -0.3 is 0 Å². The Balaban J connectivity index is 1.22. The number of thiophene rings is 1. The van der Waals surface area contributed by atoms with Crippen molar-refractivity contribution in [2.45, 2.75) is 0 Å². The van der Waals surface area contributed by atoms with Gasteiger partial charge in [-0.1, -0.05) is 164 Å². The molecular formula is C53H32N4S. The number of hydrogen-bond donors (Lipinski definition) is 0. The molecule has 4 nitrogen and oxygen atoms in total. The third-order valence-corrected chi connectivity index (χ3v) is 12.6. The predicted octanol–water partition coefficient (Wildman–Crippen LogP) is 14.3. The summed E-state index contributed by atoms with van der Waals surface area (Å²) in [7, 11) is 0. The molecule has 12 rings (SSSR count). The van der Waals surface area contributed by atoms with E-state index >= 15 is 0 Å². The molecule has 9 aromatic carbocycles. The van der Waals surface area contributed by atoms with Gasteiger partial charge in [0.05, 0.1) is 15.7 Å². The van der Waals surface area contributed by atoms with Gasteiger partial charge in [0.1, 0.15) is 0 Å². The maximum atomic E-state index is 5.32. The summed E-state index contributed by atoms with van der Waals surface area (Å²) in [4.78, 5) is 15.7. The van der Waals surface area contributed by atoms with E-state index in [9.17, 15) is 0 Å². The Morgan fingerprint density at radius 1 is 0.362 bits per heavy atom. The second-order valence-electron chi connectivity index (χ2n) is 14.8. The van der Waals surface area contributed by atoms with Gasteiger partial charge in [0.2, 0.25) is 5.95 Å². The molecule has 0 bridgehead atoms. The van der Waals surface area contributed by atoms with Gasteiger partial charge >= 0.3 is 0 Å². The zero-order chi connectivity index (χ0) is 38.2. The van der Waals surface area contributed by atoms with Crippen LogP contribution in [0.15, 0.2) is 194 Å². The van der Waals surface area contributed by atoms with E-state index in [1.165, 1.54) is 69.4 Å². The van der Waals surface area contributed by atoms with Gasteiger partial charge in [-0.05, 0) is 74.1 Å². The van der Waals surface area contributed by atoms with E-state index in [-0.39, 0.29) is 0 Å². The second kappa shape index (κ2) is 13.1. The Labute approximate surface area is 338 Å². The molecule has 58 heavy (non-hydrogen) atoms. The van der Waals surface area contributed by atoms with Crippen molar-refractivity contribution < 1.29 is 0 Å². The van der Waals surface area contributed by atoms with Crippen molar-refractivity contribution in [3.8, 4) is 51.0 Å². The van der Waals surface area contributed by atoms with Gasteiger partial charge in [-0.3, -0.25) is 4.57 Å². The lowest BCUT2D eigenvalue weighted by Gasteiger charge is -2.12. The van der Waals surface area contributed by atoms with Crippen molar-refractivity contribution in [1.29, 1.82) is 0 Å². The van der Waals surface area contributed by atoms with Crippen LogP contribution in [0.4, 0.5) is 0 Å². The Morgan fingerprint density at radius 2 is 0.897 bits per heavy atom. The zero-order valence-corrected chi connectivity index (χ0v) is 32.0. The fraction of sp³-hybridized carbons (Fsp3) is 0. The summed E-state index contributed by atoms with van der Waals surface area (Å²) in [5.74, 6) is 1.86. The van der Waals surface area contributed by atoms with E-state index in [0.717, 1.165) is 27.5 Å². The van der Waals surface area contributed by atoms with Crippen molar-refractivity contribution in [3.63, 3.8) is 0 Å². The first kappa shape index (κ1) is 32.7. The molecule has 0 unspecified atom stereocenters. The summed E-state index contributed by atoms with van der Waals surface area (Å²) >= 11 is 1.85. The average molecular weight is 757 g/mol. The van der Waals surface area contributed by atoms with Crippen LogP contribution in [0.3, 0.4) is 0 Å². The summed E-state index contributed by atoms with van der Waals surface area (Å²) < 4.78 is 4.75. The molecule has 0 amide bonds. The largest absolute Gasteiger partial charge is 0.276 e. The van der Waals surface area contributed by atoms with Crippen LogP contribution in [0, 0.1) is 0 Å². The Hall–Kier alpha value is -7.47. The summed E-state index contributed by atoms with van der Waals surface area (Å²) in [5, 5.41) is 9.77. The summed E-state index contributed by atoms with van der Waals surface area (Å²) in [6, 6.07) is 69.1. The standard InChI is InChI=1S/C53H32N4S/c1-4-14-33(15-5-1)39-26-28-45-43(31-39)47-41-22-12-13-23-42(41)48-44-32-40(38-25-24-34-16-10-11-21-37(34)30-38)27-29-46(44)58-50(48)49(47)57(45)53-55-51(35-17-6-2-7-18-35)54-52(56-53)36-19-8-3-9-20-36/h1-32H. The van der Waals surface area contributed by atoms with E-state index in [4.69, 9.17) is 15.0 Å². The first-order valence-corrected chi connectivity index (χ1v) is 20.3. The highest BCUT2D eigenvalue weighted by atomic mass is 32.1. The Bertz CT molecular complexity index is 3500. The molecule has 0 aliphatic carbocycles. The SMILES string of the molecule is c1ccc(-c2ccc3c(c2)c2c4ccccc4c4c5cc(-c6ccc7ccccc7c6)ccc5sc4c2n3-c2nc(-c3ccccc3)nc(-c3ccccc3)n2)cc1. The highest BCUT2D eigenvalue weighted by Gasteiger charge is 2.25. The second-order valence-corrected chi connectivity index (χ2v) is 15.8. The molecule has 270 valence electrons. The van der Waals surface area contributed by atoms with Crippen molar-refractivity contribution in [3.05, 3.63) is 194 Å². The highest BCUT2D eigenvalue weighted by molar-refractivity contribution is 7.27. The van der Waals surface area contributed by atoms with Crippen LogP contribution in [0.1, 0.15) is 0 Å². The normalized spacial score (nSPS) is 11.8. The predicted molar refractivity (Wildman–Crippen MR) is 244 cm³/mol. The Morgan fingerprint density at radius 3 is 1.60 bits per heavy atom. The smallest absolute Gasteiger partial charge is 0.238 e. The molecule has 0 radical (unpaired) electrons. The van der Waals surface area contributed by atoms with E-state index in [2.05, 4.69) is 162 Å². The minimum atomic E-state index is 0.589. The van der Waals surface area contributed by atoms with Crippen LogP contribution in [0.2, 0.25) is 0 Å². The van der Waals surface area contributed by atoms with Gasteiger partial charge in [-0.15, -0.1) is 11.3 Å². The zero-order valence-electron chi connectivity index (χ0n) is 31.2. The first-order chi connectivity index (χ1) is 28.7. The average Bonchev–Trinajstić information content (AvgIpc) is 3.86. The first-order valence-electron chi connectivity index (χ1n) is 19.5. The molecule has 12 aromatic rings. The van der Waals surface area contributed by atoms with Crippen molar-refractivity contribution in [2.75, 3.05) is 0 Å². The third-order valence-electron chi connectivity index (χ3n) is 11.4. The maximum Gasteiger partial charge on any atom is 0.238 e. The van der Waals surface area contributed by atoms with Crippen LogP contribution >= 0.6 is 11.3 Å². The van der Waals surface area contributed by atoms with Crippen LogP contribution in [0.25, 0.3) is 115 Å². The topological polar surface area (TPSA) is 43.6 Å². The monoisotopic (exact) mass is 756 g/mol. The Kier molecular flexibility index (Phi) is 7.37. The number of benzene rings is 9. The van der Waals surface area contributed by atoms with Gasteiger partial charge in [0.25, 0.3) is 0 Å². The lowest BCUT2D eigenvalue weighted by molar-refractivity contribution is 0.955. The number of hydrogen-bond acceptors (Lipinski definition) is 4. The number of nitrogens with zero attached hydrogens (tertiary/aromatic N) is 4. The van der Waals surface area contributed by atoms with Crippen LogP contribution in [-0.4, -0.2) is 19.5 Å². The fourth-order valence-electron chi connectivity index (χ4n) is 8.69. The molecule has 0 atom stereocenters. The van der Waals surface area contributed by atoms with E-state index < -0.39 is 0 Å². The molecule has 0 saturated carbocycles. The molecular weight excluding hydrogens is 725 g/mol. The van der Waals surface area contributed by atoms with Gasteiger partial charge in [-0.25, -0.2) is 4.98 Å². The molecule has 5 heteroatoms. The lowest BCUT2D eigenvalue weighted by Crippen LogP contribution is -2.06. The molecule has 0 aliphatic rings. The molecule has 0 fully saturated rings. The number of fused-ring (bicyclic) bond motifs is 11. The van der Waals surface area contributed by atoms with E-state index in [1.807, 2.05) is 47.7 Å². The maximum absolute atomic E-state index is 5.32. The van der Waals surface area contributed by atoms with Crippen LogP contribution in [-0.2, 0) is 0 Å². The lowest BCUT2D eigenvalue weighted by atomic mass is 9.96. The summed E-state index contributed by atoms with van der Waals surface area (Å²) in [5.41, 5.74) is 8.78. The molecule has 0 aliphatic heterocycles. The molecule has 0 spiro atoms. The van der Waals surface area contributed by atoms with Crippen molar-refractivity contribution >= 4 is 74.9 Å². The fourth-order valence-corrected chi connectivity index (χ4v) is 9.93. The van der Waals surface area contributed by atoms with Crippen molar-refractivity contribution in [1.82, 2.24) is 19.5 Å². The number of rotatable bonds is 5. The molecule has 3 heterocycles. The van der Waals surface area contributed by atoms with Gasteiger partial charge in [0, 0.05) is 37.4 Å². The molecule has 0 N–H and O–H groups in total. The van der Waals surface area contributed by atoms with E-state index in [0.29, 0.717) is 17.6 Å². The van der Waals surface area contributed by atoms with E-state index in [1.54, 1.807) is 0 Å².